The van der Waals surface area contributed by atoms with Gasteiger partial charge in [0, 0.05) is 0 Å². The fourth-order valence-electron chi connectivity index (χ4n) is 0.324. The molecule has 9 heavy (non-hydrogen) atoms. The summed E-state index contributed by atoms with van der Waals surface area (Å²) in [5, 5.41) is 8.16. The first-order valence-electron chi connectivity index (χ1n) is 2.57. The first-order chi connectivity index (χ1) is 3.81. The van der Waals surface area contributed by atoms with Gasteiger partial charge in [-0.1, -0.05) is 0 Å². The van der Waals surface area contributed by atoms with E-state index in [2.05, 4.69) is 4.74 Å². The number of aliphatic hydroxyl groups excluding tert-OH is 1. The third-order valence-corrected chi connectivity index (χ3v) is 0.621. The first-order valence-corrected chi connectivity index (χ1v) is 2.57. The van der Waals surface area contributed by atoms with Gasteiger partial charge in [-0.3, -0.25) is 4.79 Å². The smallest absolute Gasteiger partial charge is 1.00 e. The van der Waals surface area contributed by atoms with Crippen LogP contribution in [0.25, 0.3) is 0 Å². The van der Waals surface area contributed by atoms with Crippen molar-refractivity contribution in [2.75, 3.05) is 13.2 Å². The maximum atomic E-state index is 10.3. The molecule has 0 radical (unpaired) electrons. The van der Waals surface area contributed by atoms with Gasteiger partial charge in [-0.25, -0.2) is 0 Å². The number of carbonyl (C=O) groups excluding carboxylic acids is 1. The minimum atomic E-state index is -0.338. The Morgan fingerprint density at radius 1 is 1.78 bits per heavy atom. The van der Waals surface area contributed by atoms with Crippen LogP contribution in [0.1, 0.15) is 14.8 Å². The zero-order chi connectivity index (χ0) is 6.41. The summed E-state index contributed by atoms with van der Waals surface area (Å²) in [7, 11) is 0. The summed E-state index contributed by atoms with van der Waals surface area (Å²) in [6.45, 7) is 1.99. The number of hydrogen-bond donors (Lipinski definition) is 1. The van der Waals surface area contributed by atoms with Crippen molar-refractivity contribution < 1.29 is 45.6 Å². The van der Waals surface area contributed by atoms with Crippen molar-refractivity contribution in [3.8, 4) is 0 Å². The van der Waals surface area contributed by atoms with Crippen LogP contribution in [-0.2, 0) is 9.53 Å². The second-order valence-corrected chi connectivity index (χ2v) is 1.28. The van der Waals surface area contributed by atoms with Crippen LogP contribution in [0.5, 0.6) is 0 Å². The van der Waals surface area contributed by atoms with Crippen LogP contribution in [0.3, 0.4) is 0 Å². The molecular weight excluding hydrogens is 131 g/mol. The number of carbonyl (C=O) groups is 1. The van der Waals surface area contributed by atoms with Gasteiger partial charge in [0.2, 0.25) is 0 Å². The zero-order valence-electron chi connectivity index (χ0n) is 6.89. The molecule has 0 spiro atoms. The number of rotatable bonds is 3. The van der Waals surface area contributed by atoms with E-state index in [1.165, 1.54) is 0 Å². The summed E-state index contributed by atoms with van der Waals surface area (Å²) in [5.41, 5.74) is 0. The summed E-state index contributed by atoms with van der Waals surface area (Å²) in [5.74, 6) is -0.338. The van der Waals surface area contributed by atoms with Gasteiger partial charge < -0.3 is 11.3 Å². The number of ether oxygens (including phenoxy) is 1. The van der Waals surface area contributed by atoms with Crippen molar-refractivity contribution >= 4 is 5.97 Å². The van der Waals surface area contributed by atoms with Crippen LogP contribution in [-0.4, -0.2) is 24.3 Å². The Morgan fingerprint density at radius 2 is 2.33 bits per heavy atom. The van der Waals surface area contributed by atoms with Crippen LogP contribution < -0.4 is 29.6 Å². The molecule has 0 saturated carbocycles. The van der Waals surface area contributed by atoms with Gasteiger partial charge in [0.25, 0.3) is 0 Å². The zero-order valence-corrected chi connectivity index (χ0v) is 7.89. The molecule has 0 aromatic carbocycles. The third kappa shape index (κ3) is 8.43. The molecule has 50 valence electrons. The Bertz CT molecular complexity index is 71.3. The van der Waals surface area contributed by atoms with Gasteiger partial charge in [0.1, 0.15) is 0 Å². The van der Waals surface area contributed by atoms with Crippen molar-refractivity contribution in [1.82, 2.24) is 0 Å². The minimum Gasteiger partial charge on any atom is -1.00 e. The van der Waals surface area contributed by atoms with E-state index >= 15 is 0 Å². The van der Waals surface area contributed by atoms with E-state index in [0.29, 0.717) is 6.61 Å². The van der Waals surface area contributed by atoms with Crippen molar-refractivity contribution in [3.63, 3.8) is 0 Å². The molecule has 0 amide bonds. The third-order valence-electron chi connectivity index (χ3n) is 0.621. The molecule has 0 fully saturated rings. The number of aliphatic hydroxyl groups is 1. The Balaban J connectivity index is -0.000000245. The van der Waals surface area contributed by atoms with E-state index in [0.717, 1.165) is 0 Å². The van der Waals surface area contributed by atoms with Crippen LogP contribution in [0.2, 0.25) is 0 Å². The molecule has 3 nitrogen and oxygen atoms in total. The van der Waals surface area contributed by atoms with Crippen molar-refractivity contribution in [2.45, 2.75) is 13.3 Å². The summed E-state index contributed by atoms with van der Waals surface area (Å²) in [4.78, 5) is 10.3. The summed E-state index contributed by atoms with van der Waals surface area (Å²) >= 11 is 0. The predicted octanol–water partition coefficient (Wildman–Crippen LogP) is -2.95. The quantitative estimate of drug-likeness (QED) is 0.338. The van der Waals surface area contributed by atoms with Crippen LogP contribution >= 0.6 is 0 Å². The van der Waals surface area contributed by atoms with E-state index in [4.69, 9.17) is 5.11 Å². The summed E-state index contributed by atoms with van der Waals surface area (Å²) in [6.07, 6.45) is 0.105. The normalized spacial score (nSPS) is 7.78. The number of esters is 1. The topological polar surface area (TPSA) is 46.5 Å². The largest absolute Gasteiger partial charge is 1.00 e. The van der Waals surface area contributed by atoms with Crippen LogP contribution in [0.15, 0.2) is 0 Å². The molecule has 0 unspecified atom stereocenters. The molecule has 0 aliphatic carbocycles. The molecular formula is C5H11NaO3. The van der Waals surface area contributed by atoms with Gasteiger partial charge in [-0.15, -0.1) is 0 Å². The number of hydrogen-bond acceptors (Lipinski definition) is 3. The fourth-order valence-corrected chi connectivity index (χ4v) is 0.324. The van der Waals surface area contributed by atoms with Crippen molar-refractivity contribution in [1.29, 1.82) is 0 Å². The molecule has 0 aliphatic heterocycles. The summed E-state index contributed by atoms with van der Waals surface area (Å²) in [6, 6.07) is 0. The molecule has 0 atom stereocenters. The van der Waals surface area contributed by atoms with Gasteiger partial charge >= 0.3 is 35.5 Å². The molecule has 0 aromatic rings. The van der Waals surface area contributed by atoms with Gasteiger partial charge in [-0.05, 0) is 6.92 Å². The molecule has 0 heterocycles. The minimum absolute atomic E-state index is 0. The molecule has 0 bridgehead atoms. The van der Waals surface area contributed by atoms with E-state index < -0.39 is 0 Å². The average Bonchev–Trinajstić information content (AvgIpc) is 1.68. The Kier molecular flexibility index (Phi) is 11.4. The van der Waals surface area contributed by atoms with Crippen LogP contribution in [0.4, 0.5) is 0 Å². The van der Waals surface area contributed by atoms with E-state index in [1.807, 2.05) is 0 Å². The Morgan fingerprint density at radius 3 is 2.67 bits per heavy atom. The Hall–Kier alpha value is 0.430. The van der Waals surface area contributed by atoms with E-state index in [-0.39, 0.29) is 50.0 Å². The van der Waals surface area contributed by atoms with Gasteiger partial charge in [0.15, 0.2) is 0 Å². The second-order valence-electron chi connectivity index (χ2n) is 1.28. The average molecular weight is 142 g/mol. The van der Waals surface area contributed by atoms with E-state index in [9.17, 15) is 4.79 Å². The van der Waals surface area contributed by atoms with Gasteiger partial charge in [0.05, 0.1) is 19.6 Å². The first kappa shape index (κ1) is 12.1. The van der Waals surface area contributed by atoms with Crippen LogP contribution in [0, 0.1) is 0 Å². The fraction of sp³-hybridized carbons (Fsp3) is 0.800. The van der Waals surface area contributed by atoms with Gasteiger partial charge in [-0.2, -0.15) is 0 Å². The van der Waals surface area contributed by atoms with Crippen molar-refractivity contribution in [2.24, 2.45) is 0 Å². The predicted molar refractivity (Wildman–Crippen MR) is 29.4 cm³/mol. The van der Waals surface area contributed by atoms with Crippen molar-refractivity contribution in [3.05, 3.63) is 0 Å². The molecule has 0 aromatic heterocycles. The van der Waals surface area contributed by atoms with E-state index in [1.54, 1.807) is 6.92 Å². The molecule has 0 aliphatic rings. The summed E-state index contributed by atoms with van der Waals surface area (Å²) < 4.78 is 4.48. The Labute approximate surface area is 78.2 Å². The molecule has 4 heteroatoms. The standard InChI is InChI=1S/C5H10O3.Na.H/c1-2-8-5(7)3-4-6;;/h6H,2-4H2,1H3;;/q;+1;-1. The second kappa shape index (κ2) is 8.43. The molecule has 0 rings (SSSR count). The molecule has 0 saturated heterocycles. The maximum Gasteiger partial charge on any atom is 1.00 e. The maximum absolute atomic E-state index is 10.3. The SMILES string of the molecule is CCOC(=O)CCO.[H-].[Na+]. The molecule has 1 N–H and O–H groups in total. The monoisotopic (exact) mass is 142 g/mol.